The minimum atomic E-state index is -0.551. The van der Waals surface area contributed by atoms with Crippen LogP contribution < -0.4 is 5.32 Å². The summed E-state index contributed by atoms with van der Waals surface area (Å²) in [4.78, 5) is 12.0. The highest BCUT2D eigenvalue weighted by atomic mass is 79.9. The average molecular weight is 357 g/mol. The van der Waals surface area contributed by atoms with Crippen LogP contribution in [0.2, 0.25) is 0 Å². The van der Waals surface area contributed by atoms with Gasteiger partial charge >= 0.3 is 0 Å². The summed E-state index contributed by atoms with van der Waals surface area (Å²) in [6.07, 6.45) is 0.774. The molecule has 104 valence electrons. The van der Waals surface area contributed by atoms with Gasteiger partial charge in [0.2, 0.25) is 0 Å². The van der Waals surface area contributed by atoms with E-state index in [0.29, 0.717) is 16.0 Å². The first-order valence-electron chi connectivity index (χ1n) is 6.01. The molecule has 0 saturated carbocycles. The second kappa shape index (κ2) is 6.86. The normalized spacial score (nSPS) is 10.3. The van der Waals surface area contributed by atoms with Crippen molar-refractivity contribution in [3.8, 4) is 0 Å². The Morgan fingerprint density at radius 2 is 1.90 bits per heavy atom. The predicted octanol–water partition coefficient (Wildman–Crippen LogP) is 4.62. The fraction of sp³-hybridized carbons (Fsp3) is 0.133. The Labute approximate surface area is 130 Å². The third-order valence-electron chi connectivity index (χ3n) is 2.77. The minimum absolute atomic E-state index is 0.00390. The van der Waals surface area contributed by atoms with Crippen molar-refractivity contribution in [3.63, 3.8) is 0 Å². The topological polar surface area (TPSA) is 29.1 Å². The van der Waals surface area contributed by atoms with Crippen LogP contribution in [0.3, 0.4) is 0 Å². The number of nitrogens with one attached hydrogen (secondary N) is 1. The molecule has 20 heavy (non-hydrogen) atoms. The third-order valence-corrected chi connectivity index (χ3v) is 3.45. The summed E-state index contributed by atoms with van der Waals surface area (Å²) in [5, 5.41) is 2.66. The summed E-state index contributed by atoms with van der Waals surface area (Å²) >= 11 is 8.87. The van der Waals surface area contributed by atoms with E-state index >= 15 is 0 Å². The van der Waals surface area contributed by atoms with Crippen molar-refractivity contribution >= 4 is 39.1 Å². The van der Waals surface area contributed by atoms with Crippen molar-refractivity contribution < 1.29 is 9.18 Å². The number of hydrogen-bond donors (Lipinski definition) is 1. The molecule has 1 N–H and O–H groups in total. The Morgan fingerprint density at radius 3 is 2.55 bits per heavy atom. The van der Waals surface area contributed by atoms with Crippen molar-refractivity contribution in [1.29, 1.82) is 0 Å². The van der Waals surface area contributed by atoms with Gasteiger partial charge in [0, 0.05) is 16.0 Å². The van der Waals surface area contributed by atoms with E-state index < -0.39 is 11.7 Å². The first kappa shape index (κ1) is 15.0. The molecule has 0 spiro atoms. The number of anilines is 1. The lowest BCUT2D eigenvalue weighted by Gasteiger charge is -2.07. The van der Waals surface area contributed by atoms with E-state index in [1.54, 1.807) is 18.2 Å². The lowest BCUT2D eigenvalue weighted by Crippen LogP contribution is -2.13. The molecule has 0 bridgehead atoms. The van der Waals surface area contributed by atoms with E-state index in [1.807, 2.05) is 12.1 Å². The highest BCUT2D eigenvalue weighted by molar-refractivity contribution is 9.10. The summed E-state index contributed by atoms with van der Waals surface area (Å²) in [5.74, 6) is -0.479. The number of aryl methyl sites for hydroxylation is 1. The van der Waals surface area contributed by atoms with E-state index in [-0.39, 0.29) is 5.56 Å². The summed E-state index contributed by atoms with van der Waals surface area (Å²) < 4.78 is 14.2. The number of alkyl halides is 1. The van der Waals surface area contributed by atoms with E-state index in [0.717, 1.165) is 12.0 Å². The fourth-order valence-electron chi connectivity index (χ4n) is 1.73. The molecule has 0 aromatic heterocycles. The maximum absolute atomic E-state index is 13.6. The molecular formula is C15H12BrClFNO. The average Bonchev–Trinajstić information content (AvgIpc) is 2.44. The van der Waals surface area contributed by atoms with Gasteiger partial charge in [-0.1, -0.05) is 28.1 Å². The summed E-state index contributed by atoms with van der Waals surface area (Å²) in [5.41, 5.74) is 1.71. The number of rotatable bonds is 4. The van der Waals surface area contributed by atoms with Crippen LogP contribution >= 0.6 is 27.5 Å². The molecule has 2 aromatic rings. The molecule has 0 radical (unpaired) electrons. The maximum atomic E-state index is 13.6. The lowest BCUT2D eigenvalue weighted by molar-refractivity contribution is 0.102. The fourth-order valence-corrected chi connectivity index (χ4v) is 2.31. The largest absolute Gasteiger partial charge is 0.322 e. The van der Waals surface area contributed by atoms with Gasteiger partial charge in [-0.25, -0.2) is 4.39 Å². The van der Waals surface area contributed by atoms with Crippen LogP contribution in [0.5, 0.6) is 0 Å². The maximum Gasteiger partial charge on any atom is 0.258 e. The first-order chi connectivity index (χ1) is 9.60. The van der Waals surface area contributed by atoms with Crippen molar-refractivity contribution in [3.05, 3.63) is 63.9 Å². The Kier molecular flexibility index (Phi) is 5.15. The van der Waals surface area contributed by atoms with Crippen molar-refractivity contribution in [2.75, 3.05) is 11.2 Å². The number of carbonyl (C=O) groups excluding carboxylic acids is 1. The standard InChI is InChI=1S/C15H12BrClFNO/c16-11-3-6-14(18)13(9-11)15(20)19-12-4-1-10(2-5-12)7-8-17/h1-6,9H,7-8H2,(H,19,20). The van der Waals surface area contributed by atoms with Crippen molar-refractivity contribution in [1.82, 2.24) is 0 Å². The monoisotopic (exact) mass is 355 g/mol. The van der Waals surface area contributed by atoms with Crippen molar-refractivity contribution in [2.45, 2.75) is 6.42 Å². The first-order valence-corrected chi connectivity index (χ1v) is 7.34. The Hall–Kier alpha value is -1.39. The van der Waals surface area contributed by atoms with Crippen LogP contribution in [0.25, 0.3) is 0 Å². The predicted molar refractivity (Wildman–Crippen MR) is 82.9 cm³/mol. The van der Waals surface area contributed by atoms with Gasteiger partial charge in [-0.3, -0.25) is 4.79 Å². The van der Waals surface area contributed by atoms with Gasteiger partial charge in [-0.05, 0) is 42.3 Å². The summed E-state index contributed by atoms with van der Waals surface area (Å²) in [7, 11) is 0. The van der Waals surface area contributed by atoms with Gasteiger partial charge in [0.05, 0.1) is 5.56 Å². The number of carbonyl (C=O) groups is 1. The van der Waals surface area contributed by atoms with E-state index in [1.165, 1.54) is 12.1 Å². The van der Waals surface area contributed by atoms with Gasteiger partial charge in [0.15, 0.2) is 0 Å². The Morgan fingerprint density at radius 1 is 1.20 bits per heavy atom. The zero-order valence-corrected chi connectivity index (χ0v) is 12.8. The molecule has 2 nitrogen and oxygen atoms in total. The third kappa shape index (κ3) is 3.81. The summed E-state index contributed by atoms with van der Waals surface area (Å²) in [6, 6.07) is 11.6. The van der Waals surface area contributed by atoms with E-state index in [2.05, 4.69) is 21.2 Å². The number of halogens is 3. The van der Waals surface area contributed by atoms with E-state index in [4.69, 9.17) is 11.6 Å². The SMILES string of the molecule is O=C(Nc1ccc(CCCl)cc1)c1cc(Br)ccc1F. The van der Waals surface area contributed by atoms with Crippen LogP contribution in [0.15, 0.2) is 46.9 Å². The van der Waals surface area contributed by atoms with Gasteiger partial charge in [-0.2, -0.15) is 0 Å². The smallest absolute Gasteiger partial charge is 0.258 e. The Balaban J connectivity index is 2.13. The molecule has 1 amide bonds. The molecule has 0 aliphatic heterocycles. The molecule has 0 aliphatic carbocycles. The molecule has 0 aliphatic rings. The van der Waals surface area contributed by atoms with E-state index in [9.17, 15) is 9.18 Å². The van der Waals surface area contributed by atoms with Gasteiger partial charge in [-0.15, -0.1) is 11.6 Å². The van der Waals surface area contributed by atoms with Crippen LogP contribution in [-0.2, 0) is 6.42 Å². The molecular weight excluding hydrogens is 345 g/mol. The second-order valence-corrected chi connectivity index (χ2v) is 5.51. The molecule has 5 heteroatoms. The molecule has 0 atom stereocenters. The van der Waals surface area contributed by atoms with Crippen LogP contribution in [0, 0.1) is 5.82 Å². The highest BCUT2D eigenvalue weighted by Crippen LogP contribution is 2.18. The molecule has 2 aromatic carbocycles. The molecule has 2 rings (SSSR count). The Bertz CT molecular complexity index is 616. The lowest BCUT2D eigenvalue weighted by atomic mass is 10.1. The number of hydrogen-bond acceptors (Lipinski definition) is 1. The molecule has 0 fully saturated rings. The van der Waals surface area contributed by atoms with Gasteiger partial charge in [0.25, 0.3) is 5.91 Å². The van der Waals surface area contributed by atoms with Crippen molar-refractivity contribution in [2.24, 2.45) is 0 Å². The number of benzene rings is 2. The zero-order chi connectivity index (χ0) is 14.5. The minimum Gasteiger partial charge on any atom is -0.322 e. The van der Waals surface area contributed by atoms with Crippen LogP contribution in [-0.4, -0.2) is 11.8 Å². The molecule has 0 unspecified atom stereocenters. The zero-order valence-electron chi connectivity index (χ0n) is 10.5. The highest BCUT2D eigenvalue weighted by Gasteiger charge is 2.12. The van der Waals surface area contributed by atoms with Crippen LogP contribution in [0.1, 0.15) is 15.9 Å². The van der Waals surface area contributed by atoms with Gasteiger partial charge < -0.3 is 5.32 Å². The molecule has 0 heterocycles. The van der Waals surface area contributed by atoms with Gasteiger partial charge in [0.1, 0.15) is 5.82 Å². The summed E-state index contributed by atoms with van der Waals surface area (Å²) in [6.45, 7) is 0. The quantitative estimate of drug-likeness (QED) is 0.796. The van der Waals surface area contributed by atoms with Crippen LogP contribution in [0.4, 0.5) is 10.1 Å². The second-order valence-electron chi connectivity index (χ2n) is 4.21. The molecule has 0 saturated heterocycles. The number of amides is 1.